The van der Waals surface area contributed by atoms with Crippen molar-refractivity contribution in [1.82, 2.24) is 15.5 Å². The summed E-state index contributed by atoms with van der Waals surface area (Å²) in [4.78, 5) is 9.30. The zero-order valence-corrected chi connectivity index (χ0v) is 20.9. The molecule has 30 heavy (non-hydrogen) atoms. The fraction of sp³-hybridized carbons (Fsp3) is 0.682. The summed E-state index contributed by atoms with van der Waals surface area (Å²) in [6, 6.07) is 9.26. The summed E-state index contributed by atoms with van der Waals surface area (Å²) in [6.45, 7) is 13.4. The molecule has 1 atom stereocenters. The van der Waals surface area contributed by atoms with E-state index < -0.39 is 0 Å². The summed E-state index contributed by atoms with van der Waals surface area (Å²) in [7, 11) is 1.83. The zero-order chi connectivity index (χ0) is 20.5. The molecule has 0 amide bonds. The Morgan fingerprint density at radius 1 is 0.967 bits per heavy atom. The van der Waals surface area contributed by atoms with E-state index in [9.17, 15) is 0 Å². The molecule has 3 rings (SSSR count). The third-order valence-electron chi connectivity index (χ3n) is 5.76. The number of aliphatic imine (C=N–C) groups is 1. The van der Waals surface area contributed by atoms with Gasteiger partial charge in [0.15, 0.2) is 5.96 Å². The summed E-state index contributed by atoms with van der Waals surface area (Å²) in [5.74, 6) is 1.42. The van der Waals surface area contributed by atoms with Crippen LogP contribution >= 0.6 is 24.0 Å². The Morgan fingerprint density at radius 3 is 2.13 bits per heavy atom. The van der Waals surface area contributed by atoms with Crippen LogP contribution in [0.1, 0.15) is 19.4 Å². The fourth-order valence-corrected chi connectivity index (χ4v) is 3.95. The van der Waals surface area contributed by atoms with Crippen molar-refractivity contribution < 1.29 is 9.47 Å². The van der Waals surface area contributed by atoms with Crippen molar-refractivity contribution in [2.75, 3.05) is 71.1 Å². The lowest BCUT2D eigenvalue weighted by molar-refractivity contribution is 0.00752. The number of anilines is 1. The Bertz CT molecular complexity index is 629. The van der Waals surface area contributed by atoms with Gasteiger partial charge in [0.05, 0.1) is 26.4 Å². The lowest BCUT2D eigenvalue weighted by Crippen LogP contribution is -2.52. The van der Waals surface area contributed by atoms with E-state index in [1.807, 2.05) is 7.05 Å². The van der Waals surface area contributed by atoms with Crippen molar-refractivity contribution in [1.29, 1.82) is 0 Å². The van der Waals surface area contributed by atoms with Crippen LogP contribution in [-0.4, -0.2) is 83.1 Å². The molecule has 1 aromatic rings. The minimum atomic E-state index is 0. The maximum Gasteiger partial charge on any atom is 0.191 e. The predicted octanol–water partition coefficient (Wildman–Crippen LogP) is 2.16. The first-order valence-electron chi connectivity index (χ1n) is 10.9. The van der Waals surface area contributed by atoms with E-state index >= 15 is 0 Å². The molecule has 2 N–H and O–H groups in total. The average Bonchev–Trinajstić information content (AvgIpc) is 2.77. The Kier molecular flexibility index (Phi) is 11.2. The van der Waals surface area contributed by atoms with Gasteiger partial charge in [-0.2, -0.15) is 0 Å². The molecule has 170 valence electrons. The molecule has 0 spiro atoms. The Morgan fingerprint density at radius 2 is 1.57 bits per heavy atom. The minimum Gasteiger partial charge on any atom is -0.379 e. The standard InChI is InChI=1S/C22H37N5O2.HI/c1-18(2)21(27-10-14-29-15-11-27)17-25-22(23-3)24-16-19-4-6-20(7-5-19)26-8-12-28-13-9-26;/h4-7,18,21H,8-17H2,1-3H3,(H2,23,24,25);1H. The highest BCUT2D eigenvalue weighted by Gasteiger charge is 2.23. The molecule has 2 heterocycles. The van der Waals surface area contributed by atoms with E-state index in [0.29, 0.717) is 12.0 Å². The molecule has 0 aromatic heterocycles. The van der Waals surface area contributed by atoms with E-state index in [0.717, 1.165) is 71.7 Å². The normalized spacial score (nSPS) is 19.3. The number of nitrogens with zero attached hydrogens (tertiary/aromatic N) is 3. The van der Waals surface area contributed by atoms with Gasteiger partial charge in [-0.05, 0) is 23.6 Å². The topological polar surface area (TPSA) is 61.4 Å². The second kappa shape index (κ2) is 13.3. The molecule has 2 saturated heterocycles. The molecule has 0 bridgehead atoms. The van der Waals surface area contributed by atoms with Crippen LogP contribution in [0.5, 0.6) is 0 Å². The highest BCUT2D eigenvalue weighted by molar-refractivity contribution is 14.0. The zero-order valence-electron chi connectivity index (χ0n) is 18.6. The van der Waals surface area contributed by atoms with Crippen LogP contribution in [0.4, 0.5) is 5.69 Å². The smallest absolute Gasteiger partial charge is 0.191 e. The molecule has 0 saturated carbocycles. The number of hydrogen-bond donors (Lipinski definition) is 2. The number of nitrogens with one attached hydrogen (secondary N) is 2. The monoisotopic (exact) mass is 531 g/mol. The van der Waals surface area contributed by atoms with Crippen LogP contribution in [0.2, 0.25) is 0 Å². The molecule has 0 radical (unpaired) electrons. The van der Waals surface area contributed by atoms with Gasteiger partial charge in [0.2, 0.25) is 0 Å². The van der Waals surface area contributed by atoms with Crippen molar-refractivity contribution in [3.8, 4) is 0 Å². The van der Waals surface area contributed by atoms with Gasteiger partial charge in [0.25, 0.3) is 0 Å². The first kappa shape index (κ1) is 25.2. The van der Waals surface area contributed by atoms with Gasteiger partial charge >= 0.3 is 0 Å². The van der Waals surface area contributed by atoms with Crippen molar-refractivity contribution in [3.63, 3.8) is 0 Å². The molecular weight excluding hydrogens is 493 g/mol. The maximum atomic E-state index is 5.50. The summed E-state index contributed by atoms with van der Waals surface area (Å²) in [6.07, 6.45) is 0. The van der Waals surface area contributed by atoms with Gasteiger partial charge in [-0.3, -0.25) is 9.89 Å². The minimum absolute atomic E-state index is 0. The van der Waals surface area contributed by atoms with E-state index in [-0.39, 0.29) is 24.0 Å². The third kappa shape index (κ3) is 7.55. The number of guanidine groups is 1. The van der Waals surface area contributed by atoms with Crippen LogP contribution in [0.15, 0.2) is 29.3 Å². The van der Waals surface area contributed by atoms with Gasteiger partial charge in [-0.25, -0.2) is 0 Å². The largest absolute Gasteiger partial charge is 0.379 e. The predicted molar refractivity (Wildman–Crippen MR) is 134 cm³/mol. The molecule has 1 aromatic carbocycles. The molecule has 2 fully saturated rings. The van der Waals surface area contributed by atoms with Crippen molar-refractivity contribution in [3.05, 3.63) is 29.8 Å². The van der Waals surface area contributed by atoms with Gasteiger partial charge < -0.3 is 25.0 Å². The van der Waals surface area contributed by atoms with Crippen LogP contribution in [-0.2, 0) is 16.0 Å². The molecule has 2 aliphatic heterocycles. The van der Waals surface area contributed by atoms with E-state index in [1.165, 1.54) is 11.3 Å². The Labute approximate surface area is 198 Å². The van der Waals surface area contributed by atoms with Crippen molar-refractivity contribution >= 4 is 35.6 Å². The SMILES string of the molecule is CN=C(NCc1ccc(N2CCOCC2)cc1)NCC(C(C)C)N1CCOCC1.I. The quantitative estimate of drug-likeness (QED) is 0.320. The molecule has 2 aliphatic rings. The van der Waals surface area contributed by atoms with Gasteiger partial charge in [0, 0.05) is 58.0 Å². The summed E-state index contributed by atoms with van der Waals surface area (Å²) in [5, 5.41) is 6.96. The van der Waals surface area contributed by atoms with Gasteiger partial charge in [0.1, 0.15) is 0 Å². The number of ether oxygens (including phenoxy) is 2. The van der Waals surface area contributed by atoms with Crippen LogP contribution < -0.4 is 15.5 Å². The summed E-state index contributed by atoms with van der Waals surface area (Å²) < 4.78 is 10.9. The molecule has 1 unspecified atom stereocenters. The fourth-order valence-electron chi connectivity index (χ4n) is 3.95. The van der Waals surface area contributed by atoms with E-state index in [1.54, 1.807) is 0 Å². The Hall–Kier alpha value is -1.10. The van der Waals surface area contributed by atoms with Crippen LogP contribution in [0.3, 0.4) is 0 Å². The van der Waals surface area contributed by atoms with Crippen LogP contribution in [0.25, 0.3) is 0 Å². The first-order chi connectivity index (χ1) is 14.2. The lowest BCUT2D eigenvalue weighted by atomic mass is 10.0. The first-order valence-corrected chi connectivity index (χ1v) is 10.9. The molecular formula is C22H38IN5O2. The average molecular weight is 531 g/mol. The number of rotatable bonds is 7. The van der Waals surface area contributed by atoms with Crippen molar-refractivity contribution in [2.24, 2.45) is 10.9 Å². The second-order valence-electron chi connectivity index (χ2n) is 8.03. The highest BCUT2D eigenvalue weighted by Crippen LogP contribution is 2.16. The molecule has 7 nitrogen and oxygen atoms in total. The third-order valence-corrected chi connectivity index (χ3v) is 5.76. The van der Waals surface area contributed by atoms with E-state index in [4.69, 9.17) is 9.47 Å². The van der Waals surface area contributed by atoms with Gasteiger partial charge in [-0.1, -0.05) is 26.0 Å². The Balaban J connectivity index is 0.00000320. The highest BCUT2D eigenvalue weighted by atomic mass is 127. The maximum absolute atomic E-state index is 5.50. The van der Waals surface area contributed by atoms with E-state index in [2.05, 4.69) is 63.5 Å². The van der Waals surface area contributed by atoms with Crippen LogP contribution in [0, 0.1) is 5.92 Å². The number of hydrogen-bond acceptors (Lipinski definition) is 5. The second-order valence-corrected chi connectivity index (χ2v) is 8.03. The number of morpholine rings is 2. The number of benzene rings is 1. The summed E-state index contributed by atoms with van der Waals surface area (Å²) in [5.41, 5.74) is 2.52. The number of halogens is 1. The molecule has 0 aliphatic carbocycles. The molecule has 8 heteroatoms. The van der Waals surface area contributed by atoms with Crippen molar-refractivity contribution in [2.45, 2.75) is 26.4 Å². The summed E-state index contributed by atoms with van der Waals surface area (Å²) >= 11 is 0. The van der Waals surface area contributed by atoms with Gasteiger partial charge in [-0.15, -0.1) is 24.0 Å². The lowest BCUT2D eigenvalue weighted by Gasteiger charge is -2.37.